The van der Waals surface area contributed by atoms with Crippen molar-refractivity contribution in [3.8, 4) is 0 Å². The first kappa shape index (κ1) is 17.6. The summed E-state index contributed by atoms with van der Waals surface area (Å²) in [5.41, 5.74) is 0. The predicted octanol–water partition coefficient (Wildman–Crippen LogP) is 4.18. The van der Waals surface area contributed by atoms with Gasteiger partial charge < -0.3 is 0 Å². The maximum absolute atomic E-state index is 13.1. The van der Waals surface area contributed by atoms with Gasteiger partial charge in [-0.1, -0.05) is 26.7 Å². The van der Waals surface area contributed by atoms with Crippen molar-refractivity contribution in [1.82, 2.24) is 4.31 Å². The molecule has 1 aromatic carbocycles. The molecular formula is C14H21BrFNO2S. The molecular weight excluding hydrogens is 345 g/mol. The molecule has 0 saturated heterocycles. The Morgan fingerprint density at radius 2 is 1.70 bits per heavy atom. The highest BCUT2D eigenvalue weighted by atomic mass is 79.9. The molecule has 0 atom stereocenters. The topological polar surface area (TPSA) is 37.4 Å². The van der Waals surface area contributed by atoms with E-state index in [9.17, 15) is 12.8 Å². The van der Waals surface area contributed by atoms with Crippen molar-refractivity contribution in [2.45, 2.75) is 44.4 Å². The van der Waals surface area contributed by atoms with Crippen LogP contribution in [-0.4, -0.2) is 25.8 Å². The second kappa shape index (κ2) is 8.10. The number of benzene rings is 1. The van der Waals surface area contributed by atoms with Gasteiger partial charge in [0.05, 0.1) is 4.90 Å². The maximum Gasteiger partial charge on any atom is 0.244 e. The molecule has 0 aromatic heterocycles. The van der Waals surface area contributed by atoms with E-state index in [1.165, 1.54) is 22.5 Å². The maximum atomic E-state index is 13.1. The second-order valence-corrected chi connectivity index (χ2v) is 7.45. The van der Waals surface area contributed by atoms with Gasteiger partial charge in [-0.2, -0.15) is 4.31 Å². The molecule has 20 heavy (non-hydrogen) atoms. The van der Waals surface area contributed by atoms with E-state index in [0.717, 1.165) is 25.7 Å². The number of hydrogen-bond donors (Lipinski definition) is 0. The summed E-state index contributed by atoms with van der Waals surface area (Å²) in [5, 5.41) is 0. The van der Waals surface area contributed by atoms with Crippen molar-refractivity contribution in [2.24, 2.45) is 0 Å². The van der Waals surface area contributed by atoms with E-state index in [2.05, 4.69) is 15.9 Å². The summed E-state index contributed by atoms with van der Waals surface area (Å²) in [7, 11) is -3.57. The summed E-state index contributed by atoms with van der Waals surface area (Å²) >= 11 is 3.14. The third kappa shape index (κ3) is 4.53. The van der Waals surface area contributed by atoms with Gasteiger partial charge in [-0.05, 0) is 47.0 Å². The standard InChI is InChI=1S/C14H21BrFNO2S/c1-3-5-9-17(10-6-4-2)20(18,19)14-8-7-12(16)11-13(14)15/h7-8,11H,3-6,9-10H2,1-2H3. The van der Waals surface area contributed by atoms with E-state index >= 15 is 0 Å². The SMILES string of the molecule is CCCCN(CCCC)S(=O)(=O)c1ccc(F)cc1Br. The van der Waals surface area contributed by atoms with Gasteiger partial charge in [0, 0.05) is 17.6 Å². The van der Waals surface area contributed by atoms with Crippen molar-refractivity contribution in [2.75, 3.05) is 13.1 Å². The van der Waals surface area contributed by atoms with Crippen LogP contribution in [0, 0.1) is 5.82 Å². The Morgan fingerprint density at radius 1 is 1.15 bits per heavy atom. The van der Waals surface area contributed by atoms with Gasteiger partial charge in [0.25, 0.3) is 0 Å². The van der Waals surface area contributed by atoms with E-state index in [-0.39, 0.29) is 9.37 Å². The fourth-order valence-electron chi connectivity index (χ4n) is 1.84. The van der Waals surface area contributed by atoms with Crippen molar-refractivity contribution in [1.29, 1.82) is 0 Å². The monoisotopic (exact) mass is 365 g/mol. The van der Waals surface area contributed by atoms with Crippen LogP contribution in [0.2, 0.25) is 0 Å². The lowest BCUT2D eigenvalue weighted by molar-refractivity contribution is 0.395. The van der Waals surface area contributed by atoms with Crippen LogP contribution >= 0.6 is 15.9 Å². The summed E-state index contributed by atoms with van der Waals surface area (Å²) in [6.45, 7) is 5.06. The van der Waals surface area contributed by atoms with Crippen LogP contribution in [0.15, 0.2) is 27.6 Å². The van der Waals surface area contributed by atoms with Gasteiger partial charge in [-0.15, -0.1) is 0 Å². The summed E-state index contributed by atoms with van der Waals surface area (Å²) in [5.74, 6) is -0.454. The molecule has 0 saturated carbocycles. The van der Waals surface area contributed by atoms with Crippen LogP contribution in [0.3, 0.4) is 0 Å². The van der Waals surface area contributed by atoms with Crippen LogP contribution in [0.25, 0.3) is 0 Å². The van der Waals surface area contributed by atoms with E-state index in [1.54, 1.807) is 0 Å². The molecule has 0 heterocycles. The van der Waals surface area contributed by atoms with Gasteiger partial charge in [0.1, 0.15) is 5.82 Å². The number of unbranched alkanes of at least 4 members (excludes halogenated alkanes) is 2. The van der Waals surface area contributed by atoms with Crippen LogP contribution < -0.4 is 0 Å². The summed E-state index contributed by atoms with van der Waals surface area (Å²) in [6, 6.07) is 3.68. The van der Waals surface area contributed by atoms with Crippen molar-refractivity contribution < 1.29 is 12.8 Å². The molecule has 0 amide bonds. The minimum Gasteiger partial charge on any atom is -0.207 e. The Kier molecular flexibility index (Phi) is 7.12. The third-order valence-electron chi connectivity index (χ3n) is 3.03. The molecule has 0 aliphatic heterocycles. The lowest BCUT2D eigenvalue weighted by Crippen LogP contribution is -2.33. The first-order valence-corrected chi connectivity index (χ1v) is 9.12. The average Bonchev–Trinajstić information content (AvgIpc) is 2.38. The first-order valence-electron chi connectivity index (χ1n) is 6.88. The molecule has 0 unspecified atom stereocenters. The molecule has 6 heteroatoms. The minimum absolute atomic E-state index is 0.131. The molecule has 1 aromatic rings. The zero-order valence-electron chi connectivity index (χ0n) is 11.9. The number of hydrogen-bond acceptors (Lipinski definition) is 2. The normalized spacial score (nSPS) is 12.1. The van der Waals surface area contributed by atoms with E-state index in [1.807, 2.05) is 13.8 Å². The van der Waals surface area contributed by atoms with Crippen molar-refractivity contribution >= 4 is 26.0 Å². The summed E-state index contributed by atoms with van der Waals surface area (Å²) in [4.78, 5) is 0.131. The molecule has 0 aliphatic carbocycles. The van der Waals surface area contributed by atoms with Gasteiger partial charge in [0.15, 0.2) is 0 Å². The number of sulfonamides is 1. The second-order valence-electron chi connectivity index (χ2n) is 4.69. The van der Waals surface area contributed by atoms with Crippen molar-refractivity contribution in [3.05, 3.63) is 28.5 Å². The number of nitrogens with zero attached hydrogens (tertiary/aromatic N) is 1. The quantitative estimate of drug-likeness (QED) is 0.692. The minimum atomic E-state index is -3.57. The van der Waals surface area contributed by atoms with Crippen LogP contribution in [0.1, 0.15) is 39.5 Å². The molecule has 1 rings (SSSR count). The third-order valence-corrected chi connectivity index (χ3v) is 5.91. The molecule has 0 spiro atoms. The molecule has 114 valence electrons. The zero-order chi connectivity index (χ0) is 15.2. The Hall–Kier alpha value is -0.460. The summed E-state index contributed by atoms with van der Waals surface area (Å²) < 4.78 is 40.2. The Balaban J connectivity index is 3.07. The van der Waals surface area contributed by atoms with Crippen LogP contribution in [-0.2, 0) is 10.0 Å². The highest BCUT2D eigenvalue weighted by molar-refractivity contribution is 9.10. The number of rotatable bonds is 8. The highest BCUT2D eigenvalue weighted by Crippen LogP contribution is 2.26. The molecule has 0 fully saturated rings. The smallest absolute Gasteiger partial charge is 0.207 e. The van der Waals surface area contributed by atoms with Gasteiger partial charge in [-0.3, -0.25) is 0 Å². The predicted molar refractivity (Wildman–Crippen MR) is 82.7 cm³/mol. The molecule has 0 aliphatic rings. The molecule has 0 bridgehead atoms. The Morgan fingerprint density at radius 3 is 2.15 bits per heavy atom. The largest absolute Gasteiger partial charge is 0.244 e. The Labute approximate surface area is 129 Å². The zero-order valence-corrected chi connectivity index (χ0v) is 14.3. The number of halogens is 2. The molecule has 0 N–H and O–H groups in total. The Bertz CT molecular complexity index is 526. The molecule has 3 nitrogen and oxygen atoms in total. The van der Waals surface area contributed by atoms with Gasteiger partial charge in [-0.25, -0.2) is 12.8 Å². The lowest BCUT2D eigenvalue weighted by Gasteiger charge is -2.22. The van der Waals surface area contributed by atoms with Crippen LogP contribution in [0.5, 0.6) is 0 Å². The lowest BCUT2D eigenvalue weighted by atomic mass is 10.3. The van der Waals surface area contributed by atoms with E-state index in [4.69, 9.17) is 0 Å². The fourth-order valence-corrected chi connectivity index (χ4v) is 4.37. The van der Waals surface area contributed by atoms with E-state index < -0.39 is 15.8 Å². The average molecular weight is 366 g/mol. The summed E-state index contributed by atoms with van der Waals surface area (Å²) in [6.07, 6.45) is 3.51. The van der Waals surface area contributed by atoms with Gasteiger partial charge in [0.2, 0.25) is 10.0 Å². The highest BCUT2D eigenvalue weighted by Gasteiger charge is 2.25. The van der Waals surface area contributed by atoms with Gasteiger partial charge >= 0.3 is 0 Å². The van der Waals surface area contributed by atoms with Crippen molar-refractivity contribution in [3.63, 3.8) is 0 Å². The molecule has 0 radical (unpaired) electrons. The van der Waals surface area contributed by atoms with E-state index in [0.29, 0.717) is 13.1 Å². The first-order chi connectivity index (χ1) is 9.43. The fraction of sp³-hybridized carbons (Fsp3) is 0.571. The van der Waals surface area contributed by atoms with Crippen LogP contribution in [0.4, 0.5) is 4.39 Å².